The molecule has 0 bridgehead atoms. The Balaban J connectivity index is 1.95. The highest BCUT2D eigenvalue weighted by Crippen LogP contribution is 2.24. The highest BCUT2D eigenvalue weighted by molar-refractivity contribution is 5.93. The Morgan fingerprint density at radius 3 is 2.57 bits per heavy atom. The van der Waals surface area contributed by atoms with Gasteiger partial charge in [0, 0.05) is 6.21 Å². The van der Waals surface area contributed by atoms with Crippen LogP contribution in [0.1, 0.15) is 11.1 Å². The third kappa shape index (κ3) is 2.69. The number of nitrogens with zero attached hydrogens (tertiary/aromatic N) is 1. The Morgan fingerprint density at radius 1 is 1.05 bits per heavy atom. The van der Waals surface area contributed by atoms with E-state index in [0.29, 0.717) is 17.5 Å². The van der Waals surface area contributed by atoms with Crippen molar-refractivity contribution in [3.05, 3.63) is 76.1 Å². The summed E-state index contributed by atoms with van der Waals surface area (Å²) in [7, 11) is 0. The van der Waals surface area contributed by atoms with Crippen molar-refractivity contribution in [2.75, 3.05) is 0 Å². The van der Waals surface area contributed by atoms with E-state index in [-0.39, 0.29) is 11.3 Å². The first-order valence-corrected chi connectivity index (χ1v) is 6.54. The van der Waals surface area contributed by atoms with Gasteiger partial charge in [-0.2, -0.15) is 0 Å². The van der Waals surface area contributed by atoms with Crippen molar-refractivity contribution in [2.24, 2.45) is 4.99 Å². The normalized spacial score (nSPS) is 11.2. The van der Waals surface area contributed by atoms with Crippen LogP contribution in [0.3, 0.4) is 0 Å². The molecule has 0 saturated carbocycles. The van der Waals surface area contributed by atoms with Gasteiger partial charge in [-0.1, -0.05) is 42.5 Å². The molecule has 0 fully saturated rings. The number of fused-ring (bicyclic) bond motifs is 1. The molecular weight excluding hydrogens is 266 g/mol. The molecule has 0 aliphatic carbocycles. The van der Waals surface area contributed by atoms with E-state index >= 15 is 0 Å². The molecule has 1 aromatic heterocycles. The fraction of sp³-hybridized carbons (Fsp3) is 0.0588. The van der Waals surface area contributed by atoms with Gasteiger partial charge in [0.2, 0.25) is 0 Å². The van der Waals surface area contributed by atoms with Crippen LogP contribution in [0.25, 0.3) is 11.0 Å². The standard InChI is InChI=1S/C17H13NO3/c19-16-13-8-4-5-9-15(13)21-17(20)14(16)11-18-10-12-6-2-1-3-7-12/h1-9,11,19H,10H2. The zero-order valence-electron chi connectivity index (χ0n) is 11.2. The van der Waals surface area contributed by atoms with E-state index in [1.165, 1.54) is 6.21 Å². The monoisotopic (exact) mass is 279 g/mol. The van der Waals surface area contributed by atoms with E-state index in [1.807, 2.05) is 30.3 Å². The summed E-state index contributed by atoms with van der Waals surface area (Å²) < 4.78 is 5.17. The molecular formula is C17H13NO3. The number of benzene rings is 2. The summed E-state index contributed by atoms with van der Waals surface area (Å²) in [4.78, 5) is 16.1. The summed E-state index contributed by atoms with van der Waals surface area (Å²) >= 11 is 0. The van der Waals surface area contributed by atoms with Crippen molar-refractivity contribution < 1.29 is 9.52 Å². The summed E-state index contributed by atoms with van der Waals surface area (Å²) in [6, 6.07) is 16.5. The molecule has 0 spiro atoms. The van der Waals surface area contributed by atoms with Crippen LogP contribution in [-0.4, -0.2) is 11.3 Å². The average molecular weight is 279 g/mol. The second-order valence-electron chi connectivity index (χ2n) is 4.60. The minimum absolute atomic E-state index is 0.0737. The third-order valence-electron chi connectivity index (χ3n) is 3.16. The smallest absolute Gasteiger partial charge is 0.348 e. The van der Waals surface area contributed by atoms with Crippen molar-refractivity contribution in [2.45, 2.75) is 6.54 Å². The fourth-order valence-corrected chi connectivity index (χ4v) is 2.09. The minimum Gasteiger partial charge on any atom is -0.506 e. The number of hydrogen-bond donors (Lipinski definition) is 1. The van der Waals surface area contributed by atoms with Gasteiger partial charge in [-0.05, 0) is 17.7 Å². The number of para-hydroxylation sites is 1. The highest BCUT2D eigenvalue weighted by atomic mass is 16.4. The Hall–Kier alpha value is -2.88. The zero-order valence-corrected chi connectivity index (χ0v) is 11.2. The van der Waals surface area contributed by atoms with Gasteiger partial charge in [0.25, 0.3) is 0 Å². The highest BCUT2D eigenvalue weighted by Gasteiger charge is 2.11. The second-order valence-corrected chi connectivity index (χ2v) is 4.60. The Labute approximate surface area is 121 Å². The zero-order chi connectivity index (χ0) is 14.7. The minimum atomic E-state index is -0.594. The van der Waals surface area contributed by atoms with Gasteiger partial charge in [0.15, 0.2) is 0 Å². The largest absolute Gasteiger partial charge is 0.506 e. The fourth-order valence-electron chi connectivity index (χ4n) is 2.09. The van der Waals surface area contributed by atoms with Crippen LogP contribution in [-0.2, 0) is 6.54 Å². The van der Waals surface area contributed by atoms with Crippen molar-refractivity contribution in [3.63, 3.8) is 0 Å². The molecule has 4 nitrogen and oxygen atoms in total. The molecule has 3 rings (SSSR count). The summed E-state index contributed by atoms with van der Waals surface area (Å²) in [5.74, 6) is -0.0985. The number of hydrogen-bond acceptors (Lipinski definition) is 4. The number of aliphatic imine (C=N–C) groups is 1. The molecule has 0 unspecified atom stereocenters. The van der Waals surface area contributed by atoms with Crippen LogP contribution in [0.15, 0.2) is 68.8 Å². The predicted octanol–water partition coefficient (Wildman–Crippen LogP) is 3.12. The Bertz CT molecular complexity index is 851. The SMILES string of the molecule is O=c1oc2ccccc2c(O)c1C=NCc1ccccc1. The predicted molar refractivity (Wildman–Crippen MR) is 81.9 cm³/mol. The molecule has 0 aliphatic rings. The quantitative estimate of drug-likeness (QED) is 0.592. The van der Waals surface area contributed by atoms with E-state index in [0.717, 1.165) is 5.56 Å². The lowest BCUT2D eigenvalue weighted by Gasteiger charge is -2.02. The van der Waals surface area contributed by atoms with Crippen LogP contribution in [0.5, 0.6) is 5.75 Å². The van der Waals surface area contributed by atoms with Crippen LogP contribution in [0, 0.1) is 0 Å². The van der Waals surface area contributed by atoms with Crippen molar-refractivity contribution in [1.29, 1.82) is 0 Å². The van der Waals surface area contributed by atoms with E-state index in [4.69, 9.17) is 4.42 Å². The molecule has 104 valence electrons. The second kappa shape index (κ2) is 5.63. The first kappa shape index (κ1) is 13.1. The van der Waals surface area contributed by atoms with Crippen molar-refractivity contribution in [1.82, 2.24) is 0 Å². The van der Waals surface area contributed by atoms with Gasteiger partial charge < -0.3 is 9.52 Å². The maximum Gasteiger partial charge on any atom is 0.348 e. The van der Waals surface area contributed by atoms with Gasteiger partial charge in [-0.15, -0.1) is 0 Å². The number of rotatable bonds is 3. The van der Waals surface area contributed by atoms with Crippen LogP contribution >= 0.6 is 0 Å². The maximum atomic E-state index is 11.9. The molecule has 0 aliphatic heterocycles. The van der Waals surface area contributed by atoms with Crippen molar-refractivity contribution >= 4 is 17.2 Å². The first-order valence-electron chi connectivity index (χ1n) is 6.54. The molecule has 4 heteroatoms. The van der Waals surface area contributed by atoms with Crippen molar-refractivity contribution in [3.8, 4) is 5.75 Å². The molecule has 1 N–H and O–H groups in total. The summed E-state index contributed by atoms with van der Waals surface area (Å²) in [6.45, 7) is 0.437. The van der Waals surface area contributed by atoms with Gasteiger partial charge in [0.05, 0.1) is 11.9 Å². The van der Waals surface area contributed by atoms with Crippen LogP contribution in [0.4, 0.5) is 0 Å². The molecule has 0 saturated heterocycles. The van der Waals surface area contributed by atoms with E-state index in [9.17, 15) is 9.90 Å². The van der Waals surface area contributed by atoms with E-state index in [2.05, 4.69) is 4.99 Å². The van der Waals surface area contributed by atoms with Gasteiger partial charge in [-0.25, -0.2) is 4.79 Å². The maximum absolute atomic E-state index is 11.9. The van der Waals surface area contributed by atoms with Crippen LogP contribution in [0.2, 0.25) is 0 Å². The molecule has 0 radical (unpaired) electrons. The summed E-state index contributed by atoms with van der Waals surface area (Å²) in [5.41, 5.74) is 0.867. The number of aromatic hydroxyl groups is 1. The summed E-state index contributed by atoms with van der Waals surface area (Å²) in [5, 5.41) is 10.7. The Kier molecular flexibility index (Phi) is 3.51. The molecule has 3 aromatic rings. The summed E-state index contributed by atoms with van der Waals surface area (Å²) in [6.07, 6.45) is 1.36. The lowest BCUT2D eigenvalue weighted by molar-refractivity contribution is 0.466. The van der Waals surface area contributed by atoms with Gasteiger partial charge >= 0.3 is 5.63 Å². The van der Waals surface area contributed by atoms with Crippen LogP contribution < -0.4 is 5.63 Å². The topological polar surface area (TPSA) is 62.8 Å². The molecule has 21 heavy (non-hydrogen) atoms. The molecule has 0 atom stereocenters. The van der Waals surface area contributed by atoms with E-state index in [1.54, 1.807) is 24.3 Å². The molecule has 1 heterocycles. The average Bonchev–Trinajstić information content (AvgIpc) is 2.51. The lowest BCUT2D eigenvalue weighted by atomic mass is 10.1. The molecule has 2 aromatic carbocycles. The Morgan fingerprint density at radius 2 is 1.76 bits per heavy atom. The third-order valence-corrected chi connectivity index (χ3v) is 3.16. The van der Waals surface area contributed by atoms with Gasteiger partial charge in [0.1, 0.15) is 16.9 Å². The van der Waals surface area contributed by atoms with E-state index < -0.39 is 5.63 Å². The van der Waals surface area contributed by atoms with Gasteiger partial charge in [-0.3, -0.25) is 4.99 Å². The first-order chi connectivity index (χ1) is 10.3. The molecule has 0 amide bonds. The lowest BCUT2D eigenvalue weighted by Crippen LogP contribution is -2.07.